The van der Waals surface area contributed by atoms with Crippen molar-refractivity contribution in [2.24, 2.45) is 0 Å². The van der Waals surface area contributed by atoms with Crippen LogP contribution in [-0.2, 0) is 0 Å². The largest absolute Gasteiger partial charge is 0.389 e. The molecule has 0 aromatic rings. The molecule has 1 aliphatic rings. The first-order valence-electron chi connectivity index (χ1n) is 6.53. The summed E-state index contributed by atoms with van der Waals surface area (Å²) in [6.07, 6.45) is 9.96. The molecule has 0 bridgehead atoms. The van der Waals surface area contributed by atoms with E-state index in [0.29, 0.717) is 5.25 Å². The van der Waals surface area contributed by atoms with Crippen molar-refractivity contribution in [3.8, 4) is 0 Å². The Morgan fingerprint density at radius 3 is 2.47 bits per heavy atom. The molecule has 0 radical (unpaired) electrons. The van der Waals surface area contributed by atoms with Crippen molar-refractivity contribution >= 4 is 11.8 Å². The topological polar surface area (TPSA) is 20.2 Å². The van der Waals surface area contributed by atoms with Gasteiger partial charge in [0.1, 0.15) is 0 Å². The van der Waals surface area contributed by atoms with Crippen molar-refractivity contribution in [1.82, 2.24) is 0 Å². The average molecular weight is 230 g/mol. The van der Waals surface area contributed by atoms with Gasteiger partial charge in [-0.1, -0.05) is 52.4 Å². The minimum Gasteiger partial charge on any atom is -0.389 e. The Kier molecular flexibility index (Phi) is 6.06. The van der Waals surface area contributed by atoms with Crippen LogP contribution in [0.3, 0.4) is 0 Å². The van der Waals surface area contributed by atoms with Crippen LogP contribution in [0.4, 0.5) is 0 Å². The highest BCUT2D eigenvalue weighted by atomic mass is 32.2. The van der Waals surface area contributed by atoms with E-state index in [-0.39, 0.29) is 5.60 Å². The van der Waals surface area contributed by atoms with Gasteiger partial charge < -0.3 is 5.11 Å². The first-order chi connectivity index (χ1) is 7.19. The number of unbranched alkanes of at least 4 members (excludes halogenated alkanes) is 5. The quantitative estimate of drug-likeness (QED) is 0.667. The number of aliphatic hydroxyl groups is 1. The van der Waals surface area contributed by atoms with Gasteiger partial charge in [-0.15, -0.1) is 0 Å². The summed E-state index contributed by atoms with van der Waals surface area (Å²) < 4.78 is 0. The van der Waals surface area contributed by atoms with Crippen LogP contribution in [0.2, 0.25) is 0 Å². The second kappa shape index (κ2) is 6.80. The molecule has 1 rings (SSSR count). The molecule has 1 fully saturated rings. The van der Waals surface area contributed by atoms with Gasteiger partial charge in [0.25, 0.3) is 0 Å². The van der Waals surface area contributed by atoms with E-state index in [1.54, 1.807) is 0 Å². The number of thioether (sulfide) groups is 1. The summed E-state index contributed by atoms with van der Waals surface area (Å²) in [5.74, 6) is 1.15. The predicted molar refractivity (Wildman–Crippen MR) is 69.5 cm³/mol. The number of hydrogen-bond acceptors (Lipinski definition) is 2. The van der Waals surface area contributed by atoms with Crippen molar-refractivity contribution in [3.63, 3.8) is 0 Å². The average Bonchev–Trinajstić information content (AvgIpc) is 2.54. The Morgan fingerprint density at radius 2 is 1.87 bits per heavy atom. The van der Waals surface area contributed by atoms with E-state index in [0.717, 1.165) is 18.6 Å². The van der Waals surface area contributed by atoms with Crippen LogP contribution in [0.15, 0.2) is 0 Å². The van der Waals surface area contributed by atoms with Crippen molar-refractivity contribution in [3.05, 3.63) is 0 Å². The van der Waals surface area contributed by atoms with Crippen molar-refractivity contribution in [1.29, 1.82) is 0 Å². The van der Waals surface area contributed by atoms with Gasteiger partial charge in [0.15, 0.2) is 0 Å². The molecule has 1 N–H and O–H groups in total. The molecular formula is C13H26OS. The molecule has 90 valence electrons. The van der Waals surface area contributed by atoms with Gasteiger partial charge in [-0.05, 0) is 18.6 Å². The first kappa shape index (κ1) is 13.4. The van der Waals surface area contributed by atoms with Crippen LogP contribution in [0, 0.1) is 0 Å². The molecule has 2 heteroatoms. The van der Waals surface area contributed by atoms with Crippen molar-refractivity contribution in [2.45, 2.75) is 76.1 Å². The summed E-state index contributed by atoms with van der Waals surface area (Å²) >= 11 is 1.93. The van der Waals surface area contributed by atoms with Crippen molar-refractivity contribution in [2.75, 3.05) is 5.75 Å². The zero-order valence-electron chi connectivity index (χ0n) is 10.3. The third kappa shape index (κ3) is 4.36. The Bertz CT molecular complexity index is 172. The monoisotopic (exact) mass is 230 g/mol. The molecule has 0 spiro atoms. The molecule has 15 heavy (non-hydrogen) atoms. The molecule has 0 aromatic heterocycles. The normalized spacial score (nSPS) is 31.0. The molecule has 1 saturated heterocycles. The maximum atomic E-state index is 10.3. The van der Waals surface area contributed by atoms with E-state index in [4.69, 9.17) is 0 Å². The van der Waals surface area contributed by atoms with Gasteiger partial charge in [-0.2, -0.15) is 11.8 Å². The molecule has 1 aliphatic heterocycles. The Labute approximate surface area is 99.0 Å². The molecule has 2 unspecified atom stereocenters. The standard InChI is InChI=1S/C13H26OS/c1-3-4-5-6-7-8-9-13(14)10-11-15-12(13)2/h12,14H,3-11H2,1-2H3. The fourth-order valence-electron chi connectivity index (χ4n) is 2.31. The van der Waals surface area contributed by atoms with E-state index in [1.807, 2.05) is 11.8 Å². The highest BCUT2D eigenvalue weighted by molar-refractivity contribution is 8.00. The highest BCUT2D eigenvalue weighted by Crippen LogP contribution is 2.38. The third-order valence-electron chi connectivity index (χ3n) is 3.62. The van der Waals surface area contributed by atoms with Gasteiger partial charge >= 0.3 is 0 Å². The SMILES string of the molecule is CCCCCCCCC1(O)CCSC1C. The molecule has 0 aliphatic carbocycles. The van der Waals surface area contributed by atoms with Gasteiger partial charge in [0.05, 0.1) is 5.60 Å². The lowest BCUT2D eigenvalue weighted by Gasteiger charge is -2.26. The second-order valence-electron chi connectivity index (χ2n) is 4.88. The summed E-state index contributed by atoms with van der Waals surface area (Å²) in [5.41, 5.74) is -0.338. The van der Waals surface area contributed by atoms with E-state index in [9.17, 15) is 5.11 Å². The molecule has 0 saturated carbocycles. The second-order valence-corrected chi connectivity index (χ2v) is 6.33. The lowest BCUT2D eigenvalue weighted by Crippen LogP contribution is -2.34. The molecule has 2 atom stereocenters. The van der Waals surface area contributed by atoms with Crippen LogP contribution in [0.1, 0.15) is 65.2 Å². The van der Waals surface area contributed by atoms with Crippen LogP contribution < -0.4 is 0 Å². The van der Waals surface area contributed by atoms with Gasteiger partial charge in [0.2, 0.25) is 0 Å². The van der Waals surface area contributed by atoms with Crippen LogP contribution in [0.25, 0.3) is 0 Å². The molecule has 1 nitrogen and oxygen atoms in total. The summed E-state index contributed by atoms with van der Waals surface area (Å²) in [4.78, 5) is 0. The molecule has 1 heterocycles. The van der Waals surface area contributed by atoms with Crippen molar-refractivity contribution < 1.29 is 5.11 Å². The fraction of sp³-hybridized carbons (Fsp3) is 1.00. The predicted octanol–water partition coefficient (Wildman–Crippen LogP) is 3.99. The van der Waals surface area contributed by atoms with Gasteiger partial charge in [-0.3, -0.25) is 0 Å². The maximum Gasteiger partial charge on any atom is 0.0771 e. The number of rotatable bonds is 7. The molecule has 0 aromatic carbocycles. The van der Waals surface area contributed by atoms with E-state index in [2.05, 4.69) is 13.8 Å². The highest BCUT2D eigenvalue weighted by Gasteiger charge is 2.37. The van der Waals surface area contributed by atoms with E-state index < -0.39 is 0 Å². The molecule has 0 amide bonds. The summed E-state index contributed by atoms with van der Waals surface area (Å²) in [6.45, 7) is 4.43. The van der Waals surface area contributed by atoms with Gasteiger partial charge in [0, 0.05) is 5.25 Å². The van der Waals surface area contributed by atoms with Crippen LogP contribution >= 0.6 is 11.8 Å². The molecular weight excluding hydrogens is 204 g/mol. The Morgan fingerprint density at radius 1 is 1.20 bits per heavy atom. The fourth-order valence-corrected chi connectivity index (χ4v) is 3.68. The summed E-state index contributed by atoms with van der Waals surface area (Å²) in [7, 11) is 0. The smallest absolute Gasteiger partial charge is 0.0771 e. The Hall–Kier alpha value is 0.310. The lowest BCUT2D eigenvalue weighted by molar-refractivity contribution is 0.0345. The number of hydrogen-bond donors (Lipinski definition) is 1. The third-order valence-corrected chi connectivity index (χ3v) is 5.00. The van der Waals surface area contributed by atoms with Gasteiger partial charge in [-0.25, -0.2) is 0 Å². The van der Waals surface area contributed by atoms with E-state index >= 15 is 0 Å². The summed E-state index contributed by atoms with van der Waals surface area (Å²) in [6, 6.07) is 0. The minimum absolute atomic E-state index is 0.338. The lowest BCUT2D eigenvalue weighted by atomic mass is 9.90. The zero-order chi connectivity index (χ0) is 11.1. The van der Waals surface area contributed by atoms with Crippen LogP contribution in [0.5, 0.6) is 0 Å². The Balaban J connectivity index is 2.04. The first-order valence-corrected chi connectivity index (χ1v) is 7.58. The van der Waals surface area contributed by atoms with E-state index in [1.165, 1.54) is 38.5 Å². The van der Waals surface area contributed by atoms with Crippen LogP contribution in [-0.4, -0.2) is 21.7 Å². The maximum absolute atomic E-state index is 10.3. The zero-order valence-corrected chi connectivity index (χ0v) is 11.1. The summed E-state index contributed by atoms with van der Waals surface area (Å²) in [5, 5.41) is 10.8. The minimum atomic E-state index is -0.338.